The first-order valence-corrected chi connectivity index (χ1v) is 6.16. The number of benzene rings is 1. The van der Waals surface area contributed by atoms with E-state index in [0.717, 1.165) is 22.1 Å². The molecule has 0 bridgehead atoms. The Bertz CT molecular complexity index is 331. The van der Waals surface area contributed by atoms with Gasteiger partial charge >= 0.3 is 0 Å². The van der Waals surface area contributed by atoms with Gasteiger partial charge in [-0.3, -0.25) is 0 Å². The molecule has 0 aromatic heterocycles. The highest BCUT2D eigenvalue weighted by Gasteiger charge is 2.07. The summed E-state index contributed by atoms with van der Waals surface area (Å²) in [4.78, 5) is 0. The Balaban J connectivity index is 2.74. The maximum absolute atomic E-state index is 9.50. The van der Waals surface area contributed by atoms with E-state index in [1.807, 2.05) is 25.1 Å². The SMILES string of the molecule is CCC(O)CNc1cccc(Br)c1COC. The zero-order valence-electron chi connectivity index (χ0n) is 9.66. The quantitative estimate of drug-likeness (QED) is 0.845. The summed E-state index contributed by atoms with van der Waals surface area (Å²) in [6, 6.07) is 5.93. The van der Waals surface area contributed by atoms with Crippen LogP contribution in [-0.2, 0) is 11.3 Å². The first kappa shape index (κ1) is 13.5. The van der Waals surface area contributed by atoms with Crippen molar-refractivity contribution < 1.29 is 9.84 Å². The van der Waals surface area contributed by atoms with E-state index in [4.69, 9.17) is 4.74 Å². The second kappa shape index (κ2) is 6.89. The van der Waals surface area contributed by atoms with Gasteiger partial charge in [0.2, 0.25) is 0 Å². The Morgan fingerprint density at radius 2 is 2.25 bits per heavy atom. The number of nitrogens with one attached hydrogen (secondary N) is 1. The Morgan fingerprint density at radius 3 is 2.88 bits per heavy atom. The molecule has 0 heterocycles. The van der Waals surface area contributed by atoms with Gasteiger partial charge in [-0.05, 0) is 18.6 Å². The lowest BCUT2D eigenvalue weighted by Gasteiger charge is -2.15. The maximum atomic E-state index is 9.50. The smallest absolute Gasteiger partial charge is 0.0744 e. The zero-order valence-corrected chi connectivity index (χ0v) is 11.3. The number of methoxy groups -OCH3 is 1. The summed E-state index contributed by atoms with van der Waals surface area (Å²) in [6.45, 7) is 3.07. The zero-order chi connectivity index (χ0) is 12.0. The summed E-state index contributed by atoms with van der Waals surface area (Å²) in [5, 5.41) is 12.7. The van der Waals surface area contributed by atoms with Crippen molar-refractivity contribution in [2.45, 2.75) is 26.1 Å². The molecule has 0 amide bonds. The molecular formula is C12H18BrNO2. The van der Waals surface area contributed by atoms with Crippen LogP contribution in [0.25, 0.3) is 0 Å². The van der Waals surface area contributed by atoms with E-state index in [-0.39, 0.29) is 6.10 Å². The molecule has 90 valence electrons. The summed E-state index contributed by atoms with van der Waals surface area (Å²) in [6.07, 6.45) is 0.440. The van der Waals surface area contributed by atoms with E-state index >= 15 is 0 Å². The van der Waals surface area contributed by atoms with E-state index in [0.29, 0.717) is 13.2 Å². The van der Waals surface area contributed by atoms with Gasteiger partial charge in [-0.25, -0.2) is 0 Å². The van der Waals surface area contributed by atoms with Crippen molar-refractivity contribution in [1.29, 1.82) is 0 Å². The van der Waals surface area contributed by atoms with Gasteiger partial charge in [-0.15, -0.1) is 0 Å². The second-order valence-corrected chi connectivity index (χ2v) is 4.50. The van der Waals surface area contributed by atoms with Crippen LogP contribution in [0.4, 0.5) is 5.69 Å². The van der Waals surface area contributed by atoms with E-state index in [1.54, 1.807) is 7.11 Å². The number of aliphatic hydroxyl groups excluding tert-OH is 1. The Hall–Kier alpha value is -0.580. The van der Waals surface area contributed by atoms with Crippen LogP contribution in [0.5, 0.6) is 0 Å². The van der Waals surface area contributed by atoms with Crippen LogP contribution in [-0.4, -0.2) is 24.9 Å². The first-order chi connectivity index (χ1) is 7.69. The van der Waals surface area contributed by atoms with E-state index in [1.165, 1.54) is 0 Å². The number of anilines is 1. The minimum Gasteiger partial charge on any atom is -0.391 e. The number of halogens is 1. The van der Waals surface area contributed by atoms with Gasteiger partial charge in [-0.2, -0.15) is 0 Å². The highest BCUT2D eigenvalue weighted by Crippen LogP contribution is 2.25. The molecule has 16 heavy (non-hydrogen) atoms. The van der Waals surface area contributed by atoms with Crippen LogP contribution in [0.3, 0.4) is 0 Å². The van der Waals surface area contributed by atoms with Crippen LogP contribution < -0.4 is 5.32 Å². The lowest BCUT2D eigenvalue weighted by atomic mass is 10.2. The van der Waals surface area contributed by atoms with Gasteiger partial charge in [-0.1, -0.05) is 28.9 Å². The molecule has 1 atom stereocenters. The third kappa shape index (κ3) is 3.77. The molecule has 4 heteroatoms. The van der Waals surface area contributed by atoms with Crippen molar-refractivity contribution in [3.63, 3.8) is 0 Å². The van der Waals surface area contributed by atoms with E-state index in [9.17, 15) is 5.11 Å². The van der Waals surface area contributed by atoms with Crippen molar-refractivity contribution >= 4 is 21.6 Å². The van der Waals surface area contributed by atoms with Crippen LogP contribution >= 0.6 is 15.9 Å². The molecule has 1 unspecified atom stereocenters. The van der Waals surface area contributed by atoms with Crippen LogP contribution in [0.2, 0.25) is 0 Å². The molecule has 2 N–H and O–H groups in total. The summed E-state index contributed by atoms with van der Waals surface area (Å²) in [5.41, 5.74) is 2.08. The average molecular weight is 288 g/mol. The number of rotatable bonds is 6. The largest absolute Gasteiger partial charge is 0.391 e. The molecule has 0 aliphatic heterocycles. The van der Waals surface area contributed by atoms with Gasteiger partial charge < -0.3 is 15.2 Å². The van der Waals surface area contributed by atoms with Gasteiger partial charge in [0, 0.05) is 29.4 Å². The van der Waals surface area contributed by atoms with Crippen LogP contribution in [0, 0.1) is 0 Å². The topological polar surface area (TPSA) is 41.5 Å². The van der Waals surface area contributed by atoms with Gasteiger partial charge in [0.1, 0.15) is 0 Å². The van der Waals surface area contributed by atoms with Gasteiger partial charge in [0.15, 0.2) is 0 Å². The molecule has 0 fully saturated rings. The molecule has 3 nitrogen and oxygen atoms in total. The molecule has 1 rings (SSSR count). The normalized spacial score (nSPS) is 12.5. The average Bonchev–Trinajstić information content (AvgIpc) is 2.29. The van der Waals surface area contributed by atoms with Crippen molar-refractivity contribution in [2.75, 3.05) is 19.0 Å². The summed E-state index contributed by atoms with van der Waals surface area (Å²) < 4.78 is 6.17. The third-order valence-electron chi connectivity index (χ3n) is 2.41. The van der Waals surface area contributed by atoms with Crippen molar-refractivity contribution in [3.8, 4) is 0 Å². The van der Waals surface area contributed by atoms with Crippen molar-refractivity contribution in [2.24, 2.45) is 0 Å². The molecule has 0 radical (unpaired) electrons. The molecule has 1 aromatic carbocycles. The molecule has 0 saturated heterocycles. The first-order valence-electron chi connectivity index (χ1n) is 5.37. The molecule has 0 aliphatic carbocycles. The van der Waals surface area contributed by atoms with Crippen molar-refractivity contribution in [3.05, 3.63) is 28.2 Å². The molecule has 0 spiro atoms. The minimum atomic E-state index is -0.311. The monoisotopic (exact) mass is 287 g/mol. The highest BCUT2D eigenvalue weighted by atomic mass is 79.9. The Morgan fingerprint density at radius 1 is 1.50 bits per heavy atom. The fourth-order valence-electron chi connectivity index (χ4n) is 1.39. The van der Waals surface area contributed by atoms with Crippen LogP contribution in [0.15, 0.2) is 22.7 Å². The molecular weight excluding hydrogens is 270 g/mol. The number of ether oxygens (including phenoxy) is 1. The van der Waals surface area contributed by atoms with Crippen molar-refractivity contribution in [1.82, 2.24) is 0 Å². The van der Waals surface area contributed by atoms with Gasteiger partial charge in [0.05, 0.1) is 12.7 Å². The summed E-state index contributed by atoms with van der Waals surface area (Å²) >= 11 is 3.49. The number of hydrogen-bond donors (Lipinski definition) is 2. The second-order valence-electron chi connectivity index (χ2n) is 3.64. The van der Waals surface area contributed by atoms with E-state index in [2.05, 4.69) is 21.2 Å². The lowest BCUT2D eigenvalue weighted by Crippen LogP contribution is -2.19. The van der Waals surface area contributed by atoms with Crippen LogP contribution in [0.1, 0.15) is 18.9 Å². The fourth-order valence-corrected chi connectivity index (χ4v) is 1.87. The highest BCUT2D eigenvalue weighted by molar-refractivity contribution is 9.10. The third-order valence-corrected chi connectivity index (χ3v) is 3.15. The predicted octanol–water partition coefficient (Wildman–Crippen LogP) is 2.78. The number of aliphatic hydroxyl groups is 1. The maximum Gasteiger partial charge on any atom is 0.0744 e. The van der Waals surface area contributed by atoms with E-state index < -0.39 is 0 Å². The van der Waals surface area contributed by atoms with Gasteiger partial charge in [0.25, 0.3) is 0 Å². The molecule has 0 saturated carbocycles. The Labute approximate surface area is 105 Å². The standard InChI is InChI=1S/C12H18BrNO2/c1-3-9(15)7-14-12-6-4-5-11(13)10(12)8-16-2/h4-6,9,14-15H,3,7-8H2,1-2H3. The number of hydrogen-bond acceptors (Lipinski definition) is 3. The Kier molecular flexibility index (Phi) is 5.80. The fraction of sp³-hybridized carbons (Fsp3) is 0.500. The lowest BCUT2D eigenvalue weighted by molar-refractivity contribution is 0.181. The minimum absolute atomic E-state index is 0.311. The molecule has 0 aliphatic rings. The summed E-state index contributed by atoms with van der Waals surface area (Å²) in [7, 11) is 1.67. The molecule has 1 aromatic rings. The summed E-state index contributed by atoms with van der Waals surface area (Å²) in [5.74, 6) is 0. The predicted molar refractivity (Wildman–Crippen MR) is 69.6 cm³/mol.